The van der Waals surface area contributed by atoms with Crippen LogP contribution in [0, 0.1) is 13.8 Å². The van der Waals surface area contributed by atoms with Crippen LogP contribution < -0.4 is 5.32 Å². The molecule has 0 saturated heterocycles. The lowest BCUT2D eigenvalue weighted by Gasteiger charge is -2.09. The van der Waals surface area contributed by atoms with Gasteiger partial charge in [0.2, 0.25) is 0 Å². The molecule has 0 aliphatic heterocycles. The van der Waals surface area contributed by atoms with Crippen molar-refractivity contribution in [1.82, 2.24) is 19.9 Å². The summed E-state index contributed by atoms with van der Waals surface area (Å²) in [6, 6.07) is 0. The third-order valence-electron chi connectivity index (χ3n) is 2.04. The maximum Gasteiger partial charge on any atom is 0.148 e. The molecule has 0 spiro atoms. The second kappa shape index (κ2) is 4.00. The summed E-state index contributed by atoms with van der Waals surface area (Å²) >= 11 is 0. The van der Waals surface area contributed by atoms with Crippen molar-refractivity contribution in [3.63, 3.8) is 0 Å². The Balaban J connectivity index is 2.32. The van der Waals surface area contributed by atoms with Crippen LogP contribution in [0.1, 0.15) is 11.4 Å². The highest BCUT2D eigenvalue weighted by Crippen LogP contribution is 2.18. The Morgan fingerprint density at radius 1 is 1.00 bits per heavy atom. The largest absolute Gasteiger partial charge is 0.336 e. The van der Waals surface area contributed by atoms with Gasteiger partial charge in [-0.2, -0.15) is 0 Å². The average Bonchev–Trinajstić information content (AvgIpc) is 2.25. The Labute approximate surface area is 87.6 Å². The predicted molar refractivity (Wildman–Crippen MR) is 56.8 cm³/mol. The van der Waals surface area contributed by atoms with Crippen LogP contribution in [0.3, 0.4) is 0 Å². The van der Waals surface area contributed by atoms with E-state index < -0.39 is 0 Å². The van der Waals surface area contributed by atoms with Crippen LogP contribution in [-0.2, 0) is 0 Å². The van der Waals surface area contributed by atoms with Gasteiger partial charge in [0.25, 0.3) is 0 Å². The van der Waals surface area contributed by atoms with Crippen molar-refractivity contribution in [3.8, 4) is 0 Å². The molecule has 2 aromatic heterocycles. The van der Waals surface area contributed by atoms with Crippen molar-refractivity contribution >= 4 is 11.5 Å². The topological polar surface area (TPSA) is 63.6 Å². The van der Waals surface area contributed by atoms with Crippen LogP contribution in [0.5, 0.6) is 0 Å². The molecule has 2 rings (SSSR count). The number of nitrogens with zero attached hydrogens (tertiary/aromatic N) is 4. The SMILES string of the molecule is Cc1ncnc(C)c1Nc1cnccn1. The van der Waals surface area contributed by atoms with Gasteiger partial charge < -0.3 is 5.32 Å². The molecule has 0 saturated carbocycles. The van der Waals surface area contributed by atoms with Crippen molar-refractivity contribution in [2.45, 2.75) is 13.8 Å². The average molecular weight is 201 g/mol. The zero-order chi connectivity index (χ0) is 10.7. The van der Waals surface area contributed by atoms with Crippen LogP contribution in [0.25, 0.3) is 0 Å². The van der Waals surface area contributed by atoms with Crippen molar-refractivity contribution in [1.29, 1.82) is 0 Å². The Bertz CT molecular complexity index is 434. The Hall–Kier alpha value is -2.04. The van der Waals surface area contributed by atoms with Gasteiger partial charge in [0.15, 0.2) is 0 Å². The first-order valence-corrected chi connectivity index (χ1v) is 4.58. The number of anilines is 2. The number of hydrogen-bond donors (Lipinski definition) is 1. The van der Waals surface area contributed by atoms with E-state index in [1.54, 1.807) is 24.9 Å². The molecule has 0 aliphatic carbocycles. The van der Waals surface area contributed by atoms with Crippen molar-refractivity contribution in [3.05, 3.63) is 36.3 Å². The van der Waals surface area contributed by atoms with E-state index in [0.29, 0.717) is 5.82 Å². The summed E-state index contributed by atoms with van der Waals surface area (Å²) in [4.78, 5) is 16.3. The molecular formula is C10H11N5. The summed E-state index contributed by atoms with van der Waals surface area (Å²) in [6.45, 7) is 3.85. The van der Waals surface area contributed by atoms with Gasteiger partial charge >= 0.3 is 0 Å². The van der Waals surface area contributed by atoms with E-state index in [-0.39, 0.29) is 0 Å². The normalized spacial score (nSPS) is 10.0. The summed E-state index contributed by atoms with van der Waals surface area (Å²) < 4.78 is 0. The monoisotopic (exact) mass is 201 g/mol. The lowest BCUT2D eigenvalue weighted by Crippen LogP contribution is -2.01. The fraction of sp³-hybridized carbons (Fsp3) is 0.200. The molecule has 0 fully saturated rings. The van der Waals surface area contributed by atoms with Crippen LogP contribution >= 0.6 is 0 Å². The number of aryl methyl sites for hydroxylation is 2. The van der Waals surface area contributed by atoms with Crippen LogP contribution in [-0.4, -0.2) is 19.9 Å². The van der Waals surface area contributed by atoms with E-state index in [9.17, 15) is 0 Å². The van der Waals surface area contributed by atoms with Gasteiger partial charge in [-0.15, -0.1) is 0 Å². The molecule has 5 nitrogen and oxygen atoms in total. The first kappa shape index (κ1) is 9.51. The van der Waals surface area contributed by atoms with Crippen molar-refractivity contribution in [2.24, 2.45) is 0 Å². The number of rotatable bonds is 2. The maximum absolute atomic E-state index is 4.13. The summed E-state index contributed by atoms with van der Waals surface area (Å²) in [5.74, 6) is 0.693. The molecular weight excluding hydrogens is 190 g/mol. The molecule has 0 radical (unpaired) electrons. The molecule has 5 heteroatoms. The standard InChI is InChI=1S/C10H11N5/c1-7-10(8(2)14-6-13-7)15-9-5-11-3-4-12-9/h3-6H,1-2H3,(H,12,15). The molecule has 0 aromatic carbocycles. The number of aromatic nitrogens is 4. The quantitative estimate of drug-likeness (QED) is 0.800. The van der Waals surface area contributed by atoms with Gasteiger partial charge in [0.1, 0.15) is 12.1 Å². The molecule has 15 heavy (non-hydrogen) atoms. The summed E-state index contributed by atoms with van der Waals surface area (Å²) in [6.07, 6.45) is 6.47. The van der Waals surface area contributed by atoms with E-state index in [4.69, 9.17) is 0 Å². The van der Waals surface area contributed by atoms with Crippen LogP contribution in [0.15, 0.2) is 24.9 Å². The van der Waals surface area contributed by atoms with Gasteiger partial charge in [-0.3, -0.25) is 4.98 Å². The first-order valence-electron chi connectivity index (χ1n) is 4.58. The number of nitrogens with one attached hydrogen (secondary N) is 1. The van der Waals surface area contributed by atoms with E-state index in [2.05, 4.69) is 25.3 Å². The molecule has 2 heterocycles. The first-order chi connectivity index (χ1) is 7.27. The molecule has 2 aromatic rings. The van der Waals surface area contributed by atoms with Crippen molar-refractivity contribution < 1.29 is 0 Å². The van der Waals surface area contributed by atoms with E-state index in [1.807, 2.05) is 13.8 Å². The van der Waals surface area contributed by atoms with E-state index >= 15 is 0 Å². The Morgan fingerprint density at radius 2 is 1.73 bits per heavy atom. The summed E-state index contributed by atoms with van der Waals surface area (Å²) in [5, 5.41) is 3.14. The number of hydrogen-bond acceptors (Lipinski definition) is 5. The van der Waals surface area contributed by atoms with Gasteiger partial charge in [0.05, 0.1) is 23.3 Å². The Morgan fingerprint density at radius 3 is 2.33 bits per heavy atom. The highest BCUT2D eigenvalue weighted by atomic mass is 15.0. The van der Waals surface area contributed by atoms with E-state index in [1.165, 1.54) is 0 Å². The molecule has 0 unspecified atom stereocenters. The molecule has 0 atom stereocenters. The van der Waals surface area contributed by atoms with Gasteiger partial charge in [0, 0.05) is 12.4 Å². The minimum atomic E-state index is 0.693. The lowest BCUT2D eigenvalue weighted by atomic mass is 10.3. The maximum atomic E-state index is 4.13. The summed E-state index contributed by atoms with van der Waals surface area (Å²) in [5.41, 5.74) is 2.68. The molecule has 1 N–H and O–H groups in total. The zero-order valence-corrected chi connectivity index (χ0v) is 8.60. The Kier molecular flexibility index (Phi) is 2.53. The molecule has 0 amide bonds. The van der Waals surface area contributed by atoms with Crippen LogP contribution in [0.4, 0.5) is 11.5 Å². The van der Waals surface area contributed by atoms with E-state index in [0.717, 1.165) is 17.1 Å². The lowest BCUT2D eigenvalue weighted by molar-refractivity contribution is 1.05. The minimum absolute atomic E-state index is 0.693. The highest BCUT2D eigenvalue weighted by Gasteiger charge is 2.04. The zero-order valence-electron chi connectivity index (χ0n) is 8.60. The molecule has 0 bridgehead atoms. The molecule has 0 aliphatic rings. The second-order valence-electron chi connectivity index (χ2n) is 3.14. The summed E-state index contributed by atoms with van der Waals surface area (Å²) in [7, 11) is 0. The smallest absolute Gasteiger partial charge is 0.148 e. The third kappa shape index (κ3) is 2.07. The van der Waals surface area contributed by atoms with Crippen molar-refractivity contribution in [2.75, 3.05) is 5.32 Å². The van der Waals surface area contributed by atoms with Gasteiger partial charge in [-0.05, 0) is 13.8 Å². The minimum Gasteiger partial charge on any atom is -0.336 e. The van der Waals surface area contributed by atoms with Crippen LogP contribution in [0.2, 0.25) is 0 Å². The van der Waals surface area contributed by atoms with Gasteiger partial charge in [-0.1, -0.05) is 0 Å². The highest BCUT2D eigenvalue weighted by molar-refractivity contribution is 5.59. The predicted octanol–water partition coefficient (Wildman–Crippen LogP) is 1.63. The second-order valence-corrected chi connectivity index (χ2v) is 3.14. The van der Waals surface area contributed by atoms with Gasteiger partial charge in [-0.25, -0.2) is 15.0 Å². The third-order valence-corrected chi connectivity index (χ3v) is 2.04. The fourth-order valence-electron chi connectivity index (χ4n) is 1.27. The fourth-order valence-corrected chi connectivity index (χ4v) is 1.27. The molecule has 76 valence electrons.